The normalized spacial score (nSPS) is 10.3. The van der Waals surface area contributed by atoms with E-state index in [4.69, 9.17) is 21.7 Å². The Hall–Kier alpha value is -3.23. The first kappa shape index (κ1) is 23.4. The molecule has 0 fully saturated rings. The van der Waals surface area contributed by atoms with Gasteiger partial charge in [0.1, 0.15) is 9.88 Å². The van der Waals surface area contributed by atoms with Crippen LogP contribution in [0.3, 0.4) is 0 Å². The molecule has 1 aromatic heterocycles. The average molecular weight is 469 g/mol. The number of carbonyl (C=O) groups excluding carboxylic acids is 2. The van der Waals surface area contributed by atoms with Crippen molar-refractivity contribution >= 4 is 45.6 Å². The maximum atomic E-state index is 12.4. The number of esters is 2. The fourth-order valence-electron chi connectivity index (χ4n) is 3.22. The van der Waals surface area contributed by atoms with E-state index in [0.29, 0.717) is 33.6 Å². The number of thiophene rings is 1. The van der Waals surface area contributed by atoms with Crippen molar-refractivity contribution in [3.63, 3.8) is 0 Å². The molecule has 2 aromatic carbocycles. The molecular weight excluding hydrogens is 444 g/mol. The SMILES string of the molecule is COC(=O)c1sc(NC(=S)N(Cc2ccccc2)Cc2ccccc2)c(C(=O)OC)c1C. The summed E-state index contributed by atoms with van der Waals surface area (Å²) in [7, 11) is 2.61. The smallest absolute Gasteiger partial charge is 0.348 e. The van der Waals surface area contributed by atoms with Crippen molar-refractivity contribution in [2.45, 2.75) is 20.0 Å². The van der Waals surface area contributed by atoms with Crippen LogP contribution in [0.1, 0.15) is 36.7 Å². The summed E-state index contributed by atoms with van der Waals surface area (Å²) in [5, 5.41) is 4.05. The second kappa shape index (κ2) is 10.9. The molecule has 0 unspecified atom stereocenters. The van der Waals surface area contributed by atoms with E-state index in [0.717, 1.165) is 22.5 Å². The summed E-state index contributed by atoms with van der Waals surface area (Å²) in [6, 6.07) is 20.0. The van der Waals surface area contributed by atoms with Crippen molar-refractivity contribution in [2.75, 3.05) is 19.5 Å². The van der Waals surface area contributed by atoms with Crippen molar-refractivity contribution in [2.24, 2.45) is 0 Å². The summed E-state index contributed by atoms with van der Waals surface area (Å²) in [6.45, 7) is 2.83. The quantitative estimate of drug-likeness (QED) is 0.385. The van der Waals surface area contributed by atoms with Gasteiger partial charge in [-0.25, -0.2) is 9.59 Å². The van der Waals surface area contributed by atoms with Crippen LogP contribution in [0.4, 0.5) is 5.00 Å². The molecule has 0 spiro atoms. The first-order valence-electron chi connectivity index (χ1n) is 9.88. The molecule has 0 saturated heterocycles. The van der Waals surface area contributed by atoms with Gasteiger partial charge in [-0.1, -0.05) is 60.7 Å². The van der Waals surface area contributed by atoms with Gasteiger partial charge in [0.05, 0.1) is 19.8 Å². The van der Waals surface area contributed by atoms with Gasteiger partial charge in [-0.15, -0.1) is 11.3 Å². The van der Waals surface area contributed by atoms with Crippen LogP contribution in [0.15, 0.2) is 60.7 Å². The molecular formula is C24H24N2O4S2. The number of methoxy groups -OCH3 is 2. The lowest BCUT2D eigenvalue weighted by Gasteiger charge is -2.26. The van der Waals surface area contributed by atoms with Crippen LogP contribution in [-0.2, 0) is 22.6 Å². The third kappa shape index (κ3) is 5.52. The predicted molar refractivity (Wildman–Crippen MR) is 130 cm³/mol. The van der Waals surface area contributed by atoms with E-state index in [1.165, 1.54) is 14.2 Å². The number of nitrogens with zero attached hydrogens (tertiary/aromatic N) is 1. The van der Waals surface area contributed by atoms with E-state index in [1.807, 2.05) is 65.6 Å². The molecule has 0 saturated carbocycles. The van der Waals surface area contributed by atoms with E-state index in [2.05, 4.69) is 5.32 Å². The Labute approximate surface area is 196 Å². The van der Waals surface area contributed by atoms with Gasteiger partial charge in [0.25, 0.3) is 0 Å². The van der Waals surface area contributed by atoms with Crippen molar-refractivity contribution in [1.82, 2.24) is 4.90 Å². The molecule has 0 aliphatic heterocycles. The van der Waals surface area contributed by atoms with E-state index in [1.54, 1.807) is 6.92 Å². The van der Waals surface area contributed by atoms with Crippen molar-refractivity contribution < 1.29 is 19.1 Å². The number of rotatable bonds is 7. The molecule has 0 amide bonds. The lowest BCUT2D eigenvalue weighted by Crippen LogP contribution is -2.34. The zero-order chi connectivity index (χ0) is 23.1. The second-order valence-electron chi connectivity index (χ2n) is 7.00. The topological polar surface area (TPSA) is 67.9 Å². The Bertz CT molecular complexity index is 1060. The molecule has 1 heterocycles. The number of nitrogens with one attached hydrogen (secondary N) is 1. The summed E-state index contributed by atoms with van der Waals surface area (Å²) in [4.78, 5) is 27.0. The molecule has 6 nitrogen and oxygen atoms in total. The highest BCUT2D eigenvalue weighted by atomic mass is 32.1. The van der Waals surface area contributed by atoms with Gasteiger partial charge in [0.15, 0.2) is 5.11 Å². The van der Waals surface area contributed by atoms with Crippen molar-refractivity contribution in [3.05, 3.63) is 87.8 Å². The van der Waals surface area contributed by atoms with Crippen LogP contribution < -0.4 is 5.32 Å². The molecule has 3 rings (SSSR count). The first-order chi connectivity index (χ1) is 15.4. The summed E-state index contributed by atoms with van der Waals surface area (Å²) >= 11 is 6.86. The number of hydrogen-bond donors (Lipinski definition) is 1. The number of thiocarbonyl (C=S) groups is 1. The Balaban J connectivity index is 1.92. The lowest BCUT2D eigenvalue weighted by atomic mass is 10.1. The molecule has 8 heteroatoms. The highest BCUT2D eigenvalue weighted by Crippen LogP contribution is 2.34. The molecule has 0 aliphatic rings. The molecule has 32 heavy (non-hydrogen) atoms. The minimum atomic E-state index is -0.545. The summed E-state index contributed by atoms with van der Waals surface area (Å²) < 4.78 is 9.79. The fourth-order valence-corrected chi connectivity index (χ4v) is 4.63. The minimum absolute atomic E-state index is 0.277. The lowest BCUT2D eigenvalue weighted by molar-refractivity contribution is 0.0601. The monoisotopic (exact) mass is 468 g/mol. The molecule has 0 atom stereocenters. The Morgan fingerprint density at radius 2 is 1.41 bits per heavy atom. The van der Waals surface area contributed by atoms with E-state index in [9.17, 15) is 9.59 Å². The van der Waals surface area contributed by atoms with Gasteiger partial charge in [-0.3, -0.25) is 0 Å². The van der Waals surface area contributed by atoms with E-state index < -0.39 is 11.9 Å². The molecule has 166 valence electrons. The van der Waals surface area contributed by atoms with Gasteiger partial charge in [-0.05, 0) is 35.8 Å². The van der Waals surface area contributed by atoms with Crippen LogP contribution in [0.5, 0.6) is 0 Å². The van der Waals surface area contributed by atoms with Crippen LogP contribution in [0, 0.1) is 6.92 Å². The number of carbonyl (C=O) groups is 2. The summed E-state index contributed by atoms with van der Waals surface area (Å²) in [5.74, 6) is -1.06. The minimum Gasteiger partial charge on any atom is -0.465 e. The fraction of sp³-hybridized carbons (Fsp3) is 0.208. The first-order valence-corrected chi connectivity index (χ1v) is 11.1. The van der Waals surface area contributed by atoms with Crippen molar-refractivity contribution in [3.8, 4) is 0 Å². The molecule has 0 bridgehead atoms. The van der Waals surface area contributed by atoms with Gasteiger partial charge in [0.2, 0.25) is 0 Å². The number of hydrogen-bond acceptors (Lipinski definition) is 6. The van der Waals surface area contributed by atoms with Gasteiger partial charge < -0.3 is 19.7 Å². The van der Waals surface area contributed by atoms with Crippen LogP contribution in [-0.4, -0.2) is 36.2 Å². The summed E-state index contributed by atoms with van der Waals surface area (Å²) in [5.41, 5.74) is 2.97. The van der Waals surface area contributed by atoms with E-state index in [-0.39, 0.29) is 5.56 Å². The zero-order valence-corrected chi connectivity index (χ0v) is 19.7. The Morgan fingerprint density at radius 1 is 0.906 bits per heavy atom. The van der Waals surface area contributed by atoms with Crippen LogP contribution in [0.25, 0.3) is 0 Å². The predicted octanol–water partition coefficient (Wildman–Crippen LogP) is 5.03. The third-order valence-electron chi connectivity index (χ3n) is 4.85. The molecule has 0 radical (unpaired) electrons. The number of anilines is 1. The Morgan fingerprint density at radius 3 is 1.88 bits per heavy atom. The van der Waals surface area contributed by atoms with Crippen LogP contribution in [0.2, 0.25) is 0 Å². The third-order valence-corrected chi connectivity index (χ3v) is 6.39. The largest absolute Gasteiger partial charge is 0.465 e. The van der Waals surface area contributed by atoms with Crippen LogP contribution >= 0.6 is 23.6 Å². The van der Waals surface area contributed by atoms with Gasteiger partial charge in [0, 0.05) is 13.1 Å². The molecule has 0 aliphatic carbocycles. The highest BCUT2D eigenvalue weighted by Gasteiger charge is 2.27. The molecule has 3 aromatic rings. The maximum Gasteiger partial charge on any atom is 0.348 e. The van der Waals surface area contributed by atoms with E-state index >= 15 is 0 Å². The average Bonchev–Trinajstić information content (AvgIpc) is 3.14. The molecule has 1 N–H and O–H groups in total. The zero-order valence-electron chi connectivity index (χ0n) is 18.1. The van der Waals surface area contributed by atoms with Gasteiger partial charge in [-0.2, -0.15) is 0 Å². The highest BCUT2D eigenvalue weighted by molar-refractivity contribution is 7.80. The van der Waals surface area contributed by atoms with Gasteiger partial charge >= 0.3 is 11.9 Å². The number of benzene rings is 2. The second-order valence-corrected chi connectivity index (χ2v) is 8.41. The van der Waals surface area contributed by atoms with Crippen molar-refractivity contribution in [1.29, 1.82) is 0 Å². The maximum absolute atomic E-state index is 12.4. The standard InChI is InChI=1S/C24H24N2O4S2/c1-16-19(22(27)29-2)21(32-20(16)23(28)30-3)25-24(31)26(14-17-10-6-4-7-11-17)15-18-12-8-5-9-13-18/h4-13H,14-15H2,1-3H3,(H,25,31). The number of ether oxygens (including phenoxy) is 2. The Kier molecular flexibility index (Phi) is 7.97. The summed E-state index contributed by atoms with van der Waals surface area (Å²) in [6.07, 6.45) is 0.